The minimum Gasteiger partial charge on any atom is -0.328 e. The normalized spacial score (nSPS) is 15.8. The van der Waals surface area contributed by atoms with Gasteiger partial charge < -0.3 is 10.6 Å². The number of rotatable bonds is 3. The van der Waals surface area contributed by atoms with Crippen LogP contribution in [0.1, 0.15) is 29.7 Å². The van der Waals surface area contributed by atoms with Crippen molar-refractivity contribution in [2.45, 2.75) is 26.8 Å². The van der Waals surface area contributed by atoms with Crippen molar-refractivity contribution in [1.29, 1.82) is 0 Å². The summed E-state index contributed by atoms with van der Waals surface area (Å²) in [5.74, 6) is 0.371. The van der Waals surface area contributed by atoms with Crippen molar-refractivity contribution in [1.82, 2.24) is 14.8 Å². The van der Waals surface area contributed by atoms with Crippen molar-refractivity contribution in [2.75, 3.05) is 10.6 Å². The summed E-state index contributed by atoms with van der Waals surface area (Å²) < 4.78 is 1.69. The van der Waals surface area contributed by atoms with Gasteiger partial charge in [0.1, 0.15) is 12.4 Å². The Morgan fingerprint density at radius 1 is 1.14 bits per heavy atom. The Labute approximate surface area is 168 Å². The highest BCUT2D eigenvalue weighted by atomic mass is 35.5. The third-order valence-electron chi connectivity index (χ3n) is 5.09. The summed E-state index contributed by atoms with van der Waals surface area (Å²) in [7, 11) is 0. The minimum atomic E-state index is -0.474. The number of hydrogen-bond donors (Lipinski definition) is 2. The summed E-state index contributed by atoms with van der Waals surface area (Å²) in [5.41, 5.74) is 5.00. The lowest BCUT2D eigenvalue weighted by Crippen LogP contribution is -2.31. The van der Waals surface area contributed by atoms with Gasteiger partial charge in [-0.1, -0.05) is 41.9 Å². The number of carbonyl (C=O) groups is 1. The Bertz CT molecular complexity index is 1100. The molecule has 0 saturated carbocycles. The molecule has 0 spiro atoms. The first-order chi connectivity index (χ1) is 13.5. The van der Waals surface area contributed by atoms with E-state index >= 15 is 0 Å². The fourth-order valence-corrected chi connectivity index (χ4v) is 3.68. The Morgan fingerprint density at radius 2 is 1.93 bits per heavy atom. The van der Waals surface area contributed by atoms with E-state index in [0.29, 0.717) is 22.2 Å². The maximum atomic E-state index is 13.4. The van der Waals surface area contributed by atoms with Gasteiger partial charge in [-0.3, -0.25) is 4.79 Å². The van der Waals surface area contributed by atoms with Gasteiger partial charge in [0.25, 0.3) is 5.91 Å². The largest absolute Gasteiger partial charge is 0.328 e. The van der Waals surface area contributed by atoms with Crippen LogP contribution in [0.5, 0.6) is 0 Å². The molecular formula is C21H20ClN5O. The van der Waals surface area contributed by atoms with Crippen molar-refractivity contribution >= 4 is 29.1 Å². The Hall–Kier alpha value is -3.12. The van der Waals surface area contributed by atoms with Crippen LogP contribution in [0.3, 0.4) is 0 Å². The molecule has 7 heteroatoms. The van der Waals surface area contributed by atoms with Crippen LogP contribution in [0.2, 0.25) is 5.02 Å². The average Bonchev–Trinajstić information content (AvgIpc) is 3.13. The molecule has 2 aromatic carbocycles. The number of nitrogens with zero attached hydrogens (tertiary/aromatic N) is 3. The predicted octanol–water partition coefficient (Wildman–Crippen LogP) is 4.48. The van der Waals surface area contributed by atoms with Crippen molar-refractivity contribution in [3.05, 3.63) is 81.8 Å². The van der Waals surface area contributed by atoms with Gasteiger partial charge >= 0.3 is 0 Å². The molecule has 1 unspecified atom stereocenters. The average molecular weight is 394 g/mol. The number of nitrogens with one attached hydrogen (secondary N) is 2. The molecule has 1 atom stereocenters. The summed E-state index contributed by atoms with van der Waals surface area (Å²) in [4.78, 5) is 17.6. The van der Waals surface area contributed by atoms with Crippen molar-refractivity contribution < 1.29 is 4.79 Å². The monoisotopic (exact) mass is 393 g/mol. The number of hydrogen-bond acceptors (Lipinski definition) is 4. The van der Waals surface area contributed by atoms with Gasteiger partial charge in [-0.2, -0.15) is 10.1 Å². The summed E-state index contributed by atoms with van der Waals surface area (Å²) in [6.07, 6.45) is 1.46. The van der Waals surface area contributed by atoms with Gasteiger partial charge in [-0.15, -0.1) is 0 Å². The highest BCUT2D eigenvalue weighted by Gasteiger charge is 2.34. The van der Waals surface area contributed by atoms with E-state index in [-0.39, 0.29) is 5.91 Å². The van der Waals surface area contributed by atoms with Gasteiger partial charge in [0.05, 0.1) is 5.57 Å². The zero-order chi connectivity index (χ0) is 19.8. The van der Waals surface area contributed by atoms with Gasteiger partial charge in [0.2, 0.25) is 5.95 Å². The molecule has 1 aromatic heterocycles. The molecule has 0 fully saturated rings. The van der Waals surface area contributed by atoms with Gasteiger partial charge in [0.15, 0.2) is 0 Å². The first-order valence-electron chi connectivity index (χ1n) is 8.96. The fraction of sp³-hybridized carbons (Fsp3) is 0.190. The molecule has 1 aliphatic heterocycles. The standard InChI is InChI=1S/C21H20ClN5O/c1-12-7-6-10-17(13(12)2)26-20(28)18-14(3)25-21-23-11-24-27(21)19(18)15-8-4-5-9-16(15)22/h4-11,19H,1-3H3,(H,26,28)(H,23,24,25). The molecule has 142 valence electrons. The molecular weight excluding hydrogens is 374 g/mol. The molecule has 0 radical (unpaired) electrons. The Kier molecular flexibility index (Phi) is 4.65. The smallest absolute Gasteiger partial charge is 0.255 e. The number of anilines is 2. The second-order valence-corrected chi connectivity index (χ2v) is 7.22. The molecule has 0 aliphatic carbocycles. The number of aromatic nitrogens is 3. The third-order valence-corrected chi connectivity index (χ3v) is 5.44. The molecule has 6 nitrogen and oxygen atoms in total. The lowest BCUT2D eigenvalue weighted by molar-refractivity contribution is -0.113. The zero-order valence-electron chi connectivity index (χ0n) is 15.8. The number of benzene rings is 2. The van der Waals surface area contributed by atoms with Gasteiger partial charge in [-0.05, 0) is 44.0 Å². The lowest BCUT2D eigenvalue weighted by atomic mass is 9.94. The van der Waals surface area contributed by atoms with E-state index in [0.717, 1.165) is 22.4 Å². The van der Waals surface area contributed by atoms with E-state index in [2.05, 4.69) is 20.7 Å². The molecule has 0 bridgehead atoms. The zero-order valence-corrected chi connectivity index (χ0v) is 16.6. The molecule has 4 rings (SSSR count). The molecule has 2 heterocycles. The van der Waals surface area contributed by atoms with Crippen LogP contribution >= 0.6 is 11.6 Å². The van der Waals surface area contributed by atoms with Crippen LogP contribution in [0.15, 0.2) is 60.1 Å². The molecule has 2 N–H and O–H groups in total. The van der Waals surface area contributed by atoms with Crippen LogP contribution in [-0.2, 0) is 4.79 Å². The van der Waals surface area contributed by atoms with E-state index in [1.165, 1.54) is 6.33 Å². The Morgan fingerprint density at radius 3 is 2.71 bits per heavy atom. The van der Waals surface area contributed by atoms with Crippen molar-refractivity contribution in [3.8, 4) is 0 Å². The van der Waals surface area contributed by atoms with E-state index in [1.54, 1.807) is 4.68 Å². The maximum Gasteiger partial charge on any atom is 0.255 e. The first-order valence-corrected chi connectivity index (χ1v) is 9.34. The van der Waals surface area contributed by atoms with Crippen LogP contribution in [0.25, 0.3) is 0 Å². The number of carbonyl (C=O) groups excluding carboxylic acids is 1. The van der Waals surface area contributed by atoms with E-state index in [9.17, 15) is 4.79 Å². The Balaban J connectivity index is 1.80. The van der Waals surface area contributed by atoms with Crippen molar-refractivity contribution in [3.63, 3.8) is 0 Å². The maximum absolute atomic E-state index is 13.4. The molecule has 1 aliphatic rings. The second kappa shape index (κ2) is 7.13. The lowest BCUT2D eigenvalue weighted by Gasteiger charge is -2.29. The number of allylic oxidation sites excluding steroid dienone is 1. The summed E-state index contributed by atoms with van der Waals surface area (Å²) >= 11 is 6.48. The molecule has 0 saturated heterocycles. The highest BCUT2D eigenvalue weighted by Crippen LogP contribution is 2.38. The van der Waals surface area contributed by atoms with Crippen LogP contribution in [-0.4, -0.2) is 20.7 Å². The third kappa shape index (κ3) is 3.05. The molecule has 1 amide bonds. The van der Waals surface area contributed by atoms with E-state index in [4.69, 9.17) is 11.6 Å². The fourth-order valence-electron chi connectivity index (χ4n) is 3.45. The molecule has 28 heavy (non-hydrogen) atoms. The minimum absolute atomic E-state index is 0.204. The first kappa shape index (κ1) is 18.3. The second-order valence-electron chi connectivity index (χ2n) is 6.82. The number of amides is 1. The topological polar surface area (TPSA) is 71.8 Å². The van der Waals surface area contributed by atoms with Crippen LogP contribution in [0.4, 0.5) is 11.6 Å². The van der Waals surface area contributed by atoms with E-state index < -0.39 is 6.04 Å². The quantitative estimate of drug-likeness (QED) is 0.688. The summed E-state index contributed by atoms with van der Waals surface area (Å²) in [6, 6.07) is 12.9. The summed E-state index contributed by atoms with van der Waals surface area (Å²) in [6.45, 7) is 5.87. The van der Waals surface area contributed by atoms with E-state index in [1.807, 2.05) is 63.2 Å². The number of aryl methyl sites for hydroxylation is 1. The molecule has 3 aromatic rings. The van der Waals surface area contributed by atoms with Crippen LogP contribution in [0, 0.1) is 13.8 Å². The van der Waals surface area contributed by atoms with Gasteiger partial charge in [-0.25, -0.2) is 4.68 Å². The predicted molar refractivity (Wildman–Crippen MR) is 110 cm³/mol. The number of fused-ring (bicyclic) bond motifs is 1. The summed E-state index contributed by atoms with van der Waals surface area (Å²) in [5, 5.41) is 11.1. The van der Waals surface area contributed by atoms with Crippen molar-refractivity contribution in [2.24, 2.45) is 0 Å². The number of halogens is 1. The SMILES string of the molecule is CC1=C(C(=O)Nc2cccc(C)c2C)C(c2ccccc2Cl)n2ncnc2N1. The highest BCUT2D eigenvalue weighted by molar-refractivity contribution is 6.31. The van der Waals surface area contributed by atoms with Gasteiger partial charge in [0, 0.05) is 22.0 Å². The van der Waals surface area contributed by atoms with Crippen LogP contribution < -0.4 is 10.6 Å².